The summed E-state index contributed by atoms with van der Waals surface area (Å²) in [6.07, 6.45) is -1.37. The average Bonchev–Trinajstić information content (AvgIpc) is 2.37. The average molecular weight is 597 g/mol. The van der Waals surface area contributed by atoms with Crippen LogP contribution in [0.15, 0.2) is 0 Å². The molecule has 0 aromatic heterocycles. The topological polar surface area (TPSA) is 151 Å². The summed E-state index contributed by atoms with van der Waals surface area (Å²) in [5.74, 6) is -2.86. The van der Waals surface area contributed by atoms with Crippen LogP contribution in [0.2, 0.25) is 0 Å². The fourth-order valence-electron chi connectivity index (χ4n) is 1.36. The number of carbonyl (C=O) groups is 2. The van der Waals surface area contributed by atoms with Crippen molar-refractivity contribution in [3.63, 3.8) is 0 Å². The van der Waals surface area contributed by atoms with E-state index in [-0.39, 0.29) is 53.7 Å². The molecule has 0 saturated carbocycles. The van der Waals surface area contributed by atoms with Crippen LogP contribution in [0.25, 0.3) is 0 Å². The van der Waals surface area contributed by atoms with Crippen LogP contribution in [-0.4, -0.2) is 78.0 Å². The third kappa shape index (κ3) is 17.3. The zero-order valence-corrected chi connectivity index (χ0v) is 20.4. The van der Waals surface area contributed by atoms with E-state index >= 15 is 0 Å². The van der Waals surface area contributed by atoms with Crippen molar-refractivity contribution in [2.45, 2.75) is 27.7 Å². The Morgan fingerprint density at radius 3 is 1.00 bits per heavy atom. The van der Waals surface area contributed by atoms with Crippen molar-refractivity contribution in [1.29, 1.82) is 0 Å². The Morgan fingerprint density at radius 2 is 0.880 bits per heavy atom. The van der Waals surface area contributed by atoms with Crippen molar-refractivity contribution in [1.82, 2.24) is 0 Å². The molecular weight excluding hydrogens is 573 g/mol. The van der Waals surface area contributed by atoms with Crippen LogP contribution in [-0.2, 0) is 36.8 Å². The van der Waals surface area contributed by atoms with Gasteiger partial charge < -0.3 is 37.9 Å². The van der Waals surface area contributed by atoms with Crippen molar-refractivity contribution in [3.8, 4) is 0 Å². The van der Waals surface area contributed by atoms with Gasteiger partial charge in [0.05, 0.1) is 50.7 Å². The van der Waals surface area contributed by atoms with Gasteiger partial charge in [0.2, 0.25) is 0 Å². The SMILES string of the molecule is CCOP(=O)(CC(=O)[O-])OCC.CCOP(=O)(CC(=O)[O-])OCC.[Pb+2]. The van der Waals surface area contributed by atoms with Crippen LogP contribution in [0, 0.1) is 0 Å². The summed E-state index contributed by atoms with van der Waals surface area (Å²) in [5, 5.41) is 20.2. The first-order valence-corrected chi connectivity index (χ1v) is 10.7. The molecule has 0 aromatic rings. The molecule has 0 fully saturated rings. The first-order valence-electron chi connectivity index (χ1n) is 7.23. The Hall–Kier alpha value is 0.162. The molecule has 146 valence electrons. The van der Waals surface area contributed by atoms with Crippen LogP contribution in [0.5, 0.6) is 0 Å². The molecule has 0 unspecified atom stereocenters. The number of hydrogen-bond donors (Lipinski definition) is 0. The molecule has 0 rings (SSSR count). The van der Waals surface area contributed by atoms with Gasteiger partial charge in [-0.2, -0.15) is 0 Å². The molecule has 10 nitrogen and oxygen atoms in total. The third-order valence-corrected chi connectivity index (χ3v) is 5.85. The number of carboxylic acid groups (broad SMARTS) is 2. The molecule has 0 aliphatic heterocycles. The molecule has 0 heterocycles. The standard InChI is InChI=1S/2C6H13O5P.Pb/c2*1-3-10-12(9,11-4-2)5-6(7)8;/h2*3-5H2,1-2H3,(H,7,8);/q;;+2/p-2. The molecule has 0 aliphatic rings. The van der Waals surface area contributed by atoms with Gasteiger partial charge in [-0.1, -0.05) is 0 Å². The summed E-state index contributed by atoms with van der Waals surface area (Å²) in [6.45, 7) is 7.08. The van der Waals surface area contributed by atoms with Gasteiger partial charge in [0.25, 0.3) is 0 Å². The first-order chi connectivity index (χ1) is 11.1. The molecule has 0 atom stereocenters. The van der Waals surface area contributed by atoms with Gasteiger partial charge in [-0.05, 0) is 27.7 Å². The minimum atomic E-state index is -3.44. The molecule has 0 aliphatic carbocycles. The molecule has 13 heteroatoms. The minimum Gasteiger partial charge on any atom is -0.549 e. The van der Waals surface area contributed by atoms with E-state index in [9.17, 15) is 28.9 Å². The van der Waals surface area contributed by atoms with Crippen LogP contribution < -0.4 is 10.2 Å². The number of aliphatic carboxylic acids is 2. The molecule has 0 aromatic carbocycles. The number of rotatable bonds is 12. The van der Waals surface area contributed by atoms with E-state index in [1.807, 2.05) is 0 Å². The molecule has 0 spiro atoms. The summed E-state index contributed by atoms with van der Waals surface area (Å²) < 4.78 is 41.5. The normalized spacial score (nSPS) is 11.0. The molecule has 2 radical (unpaired) electrons. The van der Waals surface area contributed by atoms with Crippen LogP contribution in [0.1, 0.15) is 27.7 Å². The van der Waals surface area contributed by atoms with Crippen LogP contribution in [0.3, 0.4) is 0 Å². The Labute approximate surface area is 167 Å². The van der Waals surface area contributed by atoms with E-state index in [0.29, 0.717) is 0 Å². The zero-order chi connectivity index (χ0) is 19.2. The second kappa shape index (κ2) is 16.3. The second-order valence-corrected chi connectivity index (χ2v) is 8.06. The Kier molecular flexibility index (Phi) is 19.6. The number of carboxylic acids is 2. The van der Waals surface area contributed by atoms with E-state index < -0.39 is 39.5 Å². The smallest absolute Gasteiger partial charge is 0.549 e. The maximum atomic E-state index is 11.4. The van der Waals surface area contributed by atoms with Crippen molar-refractivity contribution in [2.24, 2.45) is 0 Å². The maximum Gasteiger partial charge on any atom is 2.00 e. The Balaban J connectivity index is -0.000000372. The Morgan fingerprint density at radius 1 is 0.680 bits per heavy atom. The summed E-state index contributed by atoms with van der Waals surface area (Å²) >= 11 is 0. The summed E-state index contributed by atoms with van der Waals surface area (Å²) in [4.78, 5) is 20.2. The zero-order valence-electron chi connectivity index (χ0n) is 14.7. The van der Waals surface area contributed by atoms with Gasteiger partial charge in [-0.3, -0.25) is 9.13 Å². The van der Waals surface area contributed by atoms with Gasteiger partial charge in [-0.15, -0.1) is 0 Å². The maximum absolute atomic E-state index is 11.4. The van der Waals surface area contributed by atoms with Gasteiger partial charge in [0.1, 0.15) is 0 Å². The molecular formula is C12H24O10P2Pb. The molecule has 0 N–H and O–H groups in total. The van der Waals surface area contributed by atoms with E-state index in [1.165, 1.54) is 0 Å². The fourth-order valence-corrected chi connectivity index (χ4v) is 4.08. The van der Waals surface area contributed by atoms with Gasteiger partial charge >= 0.3 is 42.5 Å². The van der Waals surface area contributed by atoms with Crippen molar-refractivity contribution >= 4 is 54.4 Å². The third-order valence-electron chi connectivity index (χ3n) is 1.95. The fraction of sp³-hybridized carbons (Fsp3) is 0.833. The van der Waals surface area contributed by atoms with Crippen molar-refractivity contribution < 1.29 is 47.0 Å². The van der Waals surface area contributed by atoms with Crippen LogP contribution in [0.4, 0.5) is 0 Å². The number of hydrogen-bond acceptors (Lipinski definition) is 10. The van der Waals surface area contributed by atoms with E-state index in [4.69, 9.17) is 18.1 Å². The van der Waals surface area contributed by atoms with Crippen LogP contribution >= 0.6 is 15.2 Å². The van der Waals surface area contributed by atoms with Gasteiger partial charge in [-0.25, -0.2) is 0 Å². The Bertz CT molecular complexity index is 409. The van der Waals surface area contributed by atoms with E-state index in [0.717, 1.165) is 0 Å². The summed E-state index contributed by atoms with van der Waals surface area (Å²) in [5.41, 5.74) is 0. The minimum absolute atomic E-state index is 0. The predicted molar refractivity (Wildman–Crippen MR) is 87.2 cm³/mol. The van der Waals surface area contributed by atoms with E-state index in [2.05, 4.69) is 0 Å². The molecule has 0 bridgehead atoms. The summed E-state index contributed by atoms with van der Waals surface area (Å²) in [7, 11) is -6.88. The van der Waals surface area contributed by atoms with E-state index in [1.54, 1.807) is 27.7 Å². The van der Waals surface area contributed by atoms with Crippen molar-refractivity contribution in [2.75, 3.05) is 38.8 Å². The molecule has 25 heavy (non-hydrogen) atoms. The van der Waals surface area contributed by atoms with Gasteiger partial charge in [0, 0.05) is 0 Å². The predicted octanol–water partition coefficient (Wildman–Crippen LogP) is -0.376. The van der Waals surface area contributed by atoms with Gasteiger partial charge in [0.15, 0.2) is 0 Å². The monoisotopic (exact) mass is 598 g/mol. The second-order valence-electron chi connectivity index (χ2n) is 3.95. The molecule has 0 saturated heterocycles. The first kappa shape index (κ1) is 29.9. The largest absolute Gasteiger partial charge is 2.00 e. The van der Waals surface area contributed by atoms with Crippen molar-refractivity contribution in [3.05, 3.63) is 0 Å². The molecule has 0 amide bonds. The number of carbonyl (C=O) groups excluding carboxylic acids is 2. The quantitative estimate of drug-likeness (QED) is 0.215. The summed E-state index contributed by atoms with van der Waals surface area (Å²) in [6, 6.07) is 0.